The van der Waals surface area contributed by atoms with Gasteiger partial charge in [0, 0.05) is 66.9 Å². The summed E-state index contributed by atoms with van der Waals surface area (Å²) in [4.78, 5) is 63.5. The molecule has 1 aliphatic carbocycles. The number of nitrogens with one attached hydrogen (secondary N) is 3. The first kappa shape index (κ1) is 51.3. The van der Waals surface area contributed by atoms with E-state index in [9.17, 15) is 29.5 Å². The number of β-amino-alcohol motifs (C(OH)–C–C–N with tert-alkyl or cyclic N) is 1. The zero-order chi connectivity index (χ0) is 50.0. The molecule has 1 saturated heterocycles. The van der Waals surface area contributed by atoms with E-state index in [2.05, 4.69) is 60.8 Å². The van der Waals surface area contributed by atoms with Gasteiger partial charge in [-0.25, -0.2) is 4.98 Å². The molecule has 3 aromatic carbocycles. The first-order chi connectivity index (χ1) is 32.6. The summed E-state index contributed by atoms with van der Waals surface area (Å²) in [5, 5.41) is 29.7. The third kappa shape index (κ3) is 11.1. The van der Waals surface area contributed by atoms with Crippen LogP contribution in [-0.2, 0) is 25.7 Å². The van der Waals surface area contributed by atoms with Gasteiger partial charge in [-0.15, -0.1) is 11.3 Å². The summed E-state index contributed by atoms with van der Waals surface area (Å²) in [5.41, 5.74) is 6.36. The number of amides is 4. The number of thiazole rings is 1. The number of hydrogen-bond acceptors (Lipinski definition) is 11. The fourth-order valence-electron chi connectivity index (χ4n) is 10.8. The minimum absolute atomic E-state index is 0.0126. The lowest BCUT2D eigenvalue weighted by molar-refractivity contribution is -0.199. The number of halogens is 1. The molecule has 4 N–H and O–H groups in total. The SMILES string of the molecule is Cc1ncsc1-c1ccc([C@H](C)NC(=O)[C@@H]2C[C@@H](O)CN2C(=O)[C@@H](NC(=O)COCCCCCNc2ccc3c(c2)CN([C@H]2C(C)(C)[C@H](Oc4ccc(C#N)c(Cl)c4)C2(C)C)C3=O)C(C)(C)C)cc1. The van der Waals surface area contributed by atoms with E-state index in [0.29, 0.717) is 35.1 Å². The van der Waals surface area contributed by atoms with Crippen LogP contribution in [0.15, 0.2) is 66.2 Å². The highest BCUT2D eigenvalue weighted by atomic mass is 35.5. The Labute approximate surface area is 415 Å². The number of aliphatic hydroxyl groups is 1. The van der Waals surface area contributed by atoms with Crippen molar-refractivity contribution in [2.24, 2.45) is 16.2 Å². The van der Waals surface area contributed by atoms with Gasteiger partial charge in [-0.3, -0.25) is 19.2 Å². The molecule has 69 heavy (non-hydrogen) atoms. The van der Waals surface area contributed by atoms with Gasteiger partial charge in [0.1, 0.15) is 36.6 Å². The Kier molecular flexibility index (Phi) is 15.5. The fraction of sp³-hybridized carbons (Fsp3) is 0.509. The third-order valence-electron chi connectivity index (χ3n) is 13.9. The second-order valence-electron chi connectivity index (χ2n) is 21.0. The third-order valence-corrected chi connectivity index (χ3v) is 15.2. The molecule has 14 nitrogen and oxygen atoms in total. The molecule has 1 aromatic heterocycles. The number of nitriles is 1. The van der Waals surface area contributed by atoms with Gasteiger partial charge < -0.3 is 40.3 Å². The van der Waals surface area contributed by atoms with E-state index < -0.39 is 35.4 Å². The average Bonchev–Trinajstić information content (AvgIpc) is 4.00. The number of aliphatic hydroxyl groups excluding tert-OH is 1. The average molecular weight is 981 g/mol. The predicted molar refractivity (Wildman–Crippen MR) is 268 cm³/mol. The summed E-state index contributed by atoms with van der Waals surface area (Å²) in [6.45, 7) is 19.3. The lowest BCUT2D eigenvalue weighted by atomic mass is 9.49. The van der Waals surface area contributed by atoms with Crippen LogP contribution in [0.2, 0.25) is 5.02 Å². The van der Waals surface area contributed by atoms with Crippen molar-refractivity contribution >= 4 is 52.3 Å². The highest BCUT2D eigenvalue weighted by molar-refractivity contribution is 7.13. The number of carbonyl (C=O) groups is 4. The van der Waals surface area contributed by atoms with E-state index in [1.54, 1.807) is 29.5 Å². The van der Waals surface area contributed by atoms with Crippen LogP contribution < -0.4 is 20.7 Å². The number of rotatable bonds is 18. The quantitative estimate of drug-likeness (QED) is 0.0706. The second-order valence-corrected chi connectivity index (χ2v) is 22.3. The lowest BCUT2D eigenvalue weighted by Crippen LogP contribution is -2.74. The monoisotopic (exact) mass is 979 g/mol. The molecular weight excluding hydrogens is 914 g/mol. The highest BCUT2D eigenvalue weighted by Crippen LogP contribution is 2.59. The largest absolute Gasteiger partial charge is 0.489 e. The standard InChI is InChI=1S/C53H66ClN7O7S/c1-31(33-13-15-34(16-14-33)44-32(2)57-30-69-44)58-46(64)42-24-38(62)28-60(42)48(66)45(51(3,4)5)59-43(63)29-67-22-12-10-11-21-56-37-18-20-40-36(23-37)27-61(47(40)65)49-52(6,7)50(53(49,8)9)68-39-19-17-35(26-55)41(54)25-39/h13-20,23,25,30-31,38,42,45,49-50,56,62H,10-12,21-22,24,27-29H2,1-9H3,(H,58,64)(H,59,63)/t31-,38+,42-,45+,49-,50-/m0/s1. The zero-order valence-corrected chi connectivity index (χ0v) is 42.7. The van der Waals surface area contributed by atoms with Crippen molar-refractivity contribution in [1.29, 1.82) is 5.26 Å². The van der Waals surface area contributed by atoms with Gasteiger partial charge in [0.15, 0.2) is 0 Å². The molecule has 1 saturated carbocycles. The number of ether oxygens (including phenoxy) is 2. The normalized spacial score (nSPS) is 21.2. The smallest absolute Gasteiger partial charge is 0.254 e. The van der Waals surface area contributed by atoms with Gasteiger partial charge in [0.2, 0.25) is 17.7 Å². The molecule has 0 unspecified atom stereocenters. The van der Waals surface area contributed by atoms with Crippen LogP contribution in [0.1, 0.15) is 120 Å². The van der Waals surface area contributed by atoms with Gasteiger partial charge in [0.05, 0.1) is 38.8 Å². The molecule has 3 aliphatic rings. The lowest BCUT2D eigenvalue weighted by Gasteiger charge is -2.65. The highest BCUT2D eigenvalue weighted by Gasteiger charge is 2.67. The van der Waals surface area contributed by atoms with Crippen molar-refractivity contribution < 1.29 is 33.8 Å². The number of unbranched alkanes of at least 4 members (excludes halogenated alkanes) is 2. The maximum absolute atomic E-state index is 14.1. The van der Waals surface area contributed by atoms with E-state index in [0.717, 1.165) is 58.8 Å². The molecular formula is C53H66ClN7O7S. The molecule has 4 atom stereocenters. The van der Waals surface area contributed by atoms with E-state index in [1.807, 2.05) is 81.4 Å². The van der Waals surface area contributed by atoms with Crippen molar-refractivity contribution in [1.82, 2.24) is 25.4 Å². The molecule has 4 amide bonds. The van der Waals surface area contributed by atoms with E-state index in [1.165, 1.54) is 4.90 Å². The summed E-state index contributed by atoms with van der Waals surface area (Å²) in [6, 6.07) is 18.8. The molecule has 2 fully saturated rings. The maximum Gasteiger partial charge on any atom is 0.254 e. The van der Waals surface area contributed by atoms with E-state index >= 15 is 0 Å². The number of benzene rings is 3. The van der Waals surface area contributed by atoms with Gasteiger partial charge >= 0.3 is 0 Å². The summed E-state index contributed by atoms with van der Waals surface area (Å²) in [6.07, 6.45) is 1.49. The van der Waals surface area contributed by atoms with Gasteiger partial charge in [-0.1, -0.05) is 84.3 Å². The number of carbonyl (C=O) groups excluding carboxylic acids is 4. The van der Waals surface area contributed by atoms with Crippen LogP contribution in [0.3, 0.4) is 0 Å². The van der Waals surface area contributed by atoms with Gasteiger partial charge in [-0.05, 0) is 85.5 Å². The second kappa shape index (κ2) is 20.8. The Bertz CT molecular complexity index is 2570. The van der Waals surface area contributed by atoms with Crippen molar-refractivity contribution in [2.75, 3.05) is 31.6 Å². The first-order valence-electron chi connectivity index (χ1n) is 23.8. The molecule has 16 heteroatoms. The number of nitrogens with zero attached hydrogens (tertiary/aromatic N) is 4. The minimum atomic E-state index is -0.953. The number of likely N-dealkylation sites (tertiary alicyclic amines) is 1. The van der Waals surface area contributed by atoms with Gasteiger partial charge in [0.25, 0.3) is 5.91 Å². The summed E-state index contributed by atoms with van der Waals surface area (Å²) in [7, 11) is 0. The van der Waals surface area contributed by atoms with Crippen molar-refractivity contribution in [3.05, 3.63) is 99.1 Å². The van der Waals surface area contributed by atoms with Crippen LogP contribution in [0.5, 0.6) is 5.75 Å². The van der Waals surface area contributed by atoms with Crippen molar-refractivity contribution in [2.45, 2.75) is 131 Å². The zero-order valence-electron chi connectivity index (χ0n) is 41.2. The van der Waals surface area contributed by atoms with E-state index in [4.69, 9.17) is 21.1 Å². The van der Waals surface area contributed by atoms with Crippen LogP contribution in [-0.4, -0.2) is 100 Å². The first-order valence-corrected chi connectivity index (χ1v) is 25.1. The summed E-state index contributed by atoms with van der Waals surface area (Å²) < 4.78 is 12.2. The topological polar surface area (TPSA) is 186 Å². The molecule has 7 rings (SSSR count). The number of fused-ring (bicyclic) bond motifs is 1. The Balaban J connectivity index is 0.826. The Hall–Kier alpha value is -5.53. The Morgan fingerprint density at radius 3 is 2.39 bits per heavy atom. The maximum atomic E-state index is 14.1. The number of aromatic nitrogens is 1. The minimum Gasteiger partial charge on any atom is -0.489 e. The number of anilines is 1. The van der Waals surface area contributed by atoms with Crippen molar-refractivity contribution in [3.63, 3.8) is 0 Å². The van der Waals surface area contributed by atoms with Crippen LogP contribution in [0.4, 0.5) is 5.69 Å². The summed E-state index contributed by atoms with van der Waals surface area (Å²) >= 11 is 7.87. The summed E-state index contributed by atoms with van der Waals surface area (Å²) in [5.74, 6) is -0.616. The molecule has 3 heterocycles. The Morgan fingerprint density at radius 1 is 1.01 bits per heavy atom. The molecule has 4 aromatic rings. The molecule has 0 bridgehead atoms. The molecule has 368 valence electrons. The molecule has 0 radical (unpaired) electrons. The van der Waals surface area contributed by atoms with Crippen LogP contribution in [0.25, 0.3) is 10.4 Å². The predicted octanol–water partition coefficient (Wildman–Crippen LogP) is 8.45. The van der Waals surface area contributed by atoms with Crippen LogP contribution in [0, 0.1) is 34.5 Å². The number of hydrogen-bond donors (Lipinski definition) is 4. The molecule has 2 aliphatic heterocycles. The van der Waals surface area contributed by atoms with E-state index in [-0.39, 0.29) is 60.4 Å². The fourth-order valence-corrected chi connectivity index (χ4v) is 11.8. The number of aryl methyl sites for hydroxylation is 1. The van der Waals surface area contributed by atoms with Crippen molar-refractivity contribution in [3.8, 4) is 22.3 Å². The Morgan fingerprint density at radius 2 is 1.74 bits per heavy atom. The van der Waals surface area contributed by atoms with Crippen LogP contribution >= 0.6 is 22.9 Å². The molecule has 0 spiro atoms. The van der Waals surface area contributed by atoms with Gasteiger partial charge in [-0.2, -0.15) is 5.26 Å².